The maximum atomic E-state index is 12.9. The number of hydrogen-bond acceptors (Lipinski definition) is 4. The van der Waals surface area contributed by atoms with Crippen LogP contribution < -0.4 is 5.32 Å². The summed E-state index contributed by atoms with van der Waals surface area (Å²) in [5, 5.41) is 3.02. The van der Waals surface area contributed by atoms with Crippen molar-refractivity contribution in [1.29, 1.82) is 0 Å². The molecule has 0 amide bonds. The molecule has 0 aromatic carbocycles. The van der Waals surface area contributed by atoms with E-state index in [0.717, 1.165) is 31.2 Å². The predicted octanol–water partition coefficient (Wildman–Crippen LogP) is 2.18. The Labute approximate surface area is 121 Å². The molecule has 1 fully saturated rings. The maximum Gasteiger partial charge on any atom is 0.246 e. The Hall–Kier alpha value is -0.850. The van der Waals surface area contributed by atoms with Crippen molar-refractivity contribution in [2.24, 2.45) is 0 Å². The van der Waals surface area contributed by atoms with Crippen LogP contribution in [0.15, 0.2) is 9.31 Å². The van der Waals surface area contributed by atoms with Crippen LogP contribution in [0.5, 0.6) is 0 Å². The topological polar surface area (TPSA) is 62.6 Å². The Kier molecular flexibility index (Phi) is 4.88. The average molecular weight is 300 g/mol. The summed E-state index contributed by atoms with van der Waals surface area (Å²) in [5.41, 5.74) is 0.759. The van der Waals surface area contributed by atoms with Crippen molar-refractivity contribution in [1.82, 2.24) is 9.62 Å². The van der Waals surface area contributed by atoms with Gasteiger partial charge in [0.15, 0.2) is 0 Å². The molecular weight excluding hydrogens is 276 g/mol. The monoisotopic (exact) mass is 300 g/mol. The normalized spacial score (nSPS) is 18.1. The molecule has 2 heterocycles. The SMILES string of the molecule is CNCc1c(C)oc(C)c1S(=O)(=O)N1CCCCCC1. The molecule has 1 N–H and O–H groups in total. The quantitative estimate of drug-likeness (QED) is 0.926. The van der Waals surface area contributed by atoms with Crippen molar-refractivity contribution >= 4 is 10.0 Å². The number of nitrogens with one attached hydrogen (secondary N) is 1. The standard InChI is InChI=1S/C14H24N2O3S/c1-11-13(10-15-3)14(12(2)19-11)20(17,18)16-8-6-4-5-7-9-16/h15H,4-10H2,1-3H3. The second-order valence-electron chi connectivity index (χ2n) is 5.37. The molecule has 1 aromatic heterocycles. The van der Waals surface area contributed by atoms with Gasteiger partial charge >= 0.3 is 0 Å². The van der Waals surface area contributed by atoms with E-state index >= 15 is 0 Å². The summed E-state index contributed by atoms with van der Waals surface area (Å²) in [6.45, 7) is 5.29. The van der Waals surface area contributed by atoms with Gasteiger partial charge in [-0.15, -0.1) is 0 Å². The molecule has 0 saturated carbocycles. The second kappa shape index (κ2) is 6.28. The van der Waals surface area contributed by atoms with Crippen LogP contribution in [0.1, 0.15) is 42.8 Å². The Morgan fingerprint density at radius 1 is 1.10 bits per heavy atom. The third-order valence-electron chi connectivity index (χ3n) is 3.84. The molecule has 0 bridgehead atoms. The highest BCUT2D eigenvalue weighted by molar-refractivity contribution is 7.89. The number of furan rings is 1. The van der Waals surface area contributed by atoms with E-state index in [-0.39, 0.29) is 0 Å². The van der Waals surface area contributed by atoms with E-state index in [1.54, 1.807) is 11.2 Å². The molecule has 1 saturated heterocycles. The zero-order valence-electron chi connectivity index (χ0n) is 12.5. The lowest BCUT2D eigenvalue weighted by atomic mass is 10.2. The highest BCUT2D eigenvalue weighted by atomic mass is 32.2. The van der Waals surface area contributed by atoms with Gasteiger partial charge in [-0.05, 0) is 33.7 Å². The van der Waals surface area contributed by atoms with E-state index in [2.05, 4.69) is 5.32 Å². The molecule has 0 unspecified atom stereocenters. The first kappa shape index (κ1) is 15.5. The minimum Gasteiger partial charge on any atom is -0.465 e. The van der Waals surface area contributed by atoms with Crippen molar-refractivity contribution in [2.45, 2.75) is 51.0 Å². The summed E-state index contributed by atoms with van der Waals surface area (Å²) in [4.78, 5) is 0.367. The van der Waals surface area contributed by atoms with E-state index in [9.17, 15) is 8.42 Å². The lowest BCUT2D eigenvalue weighted by Gasteiger charge is -2.20. The van der Waals surface area contributed by atoms with E-state index in [4.69, 9.17) is 4.42 Å². The summed E-state index contributed by atoms with van der Waals surface area (Å²) in [7, 11) is -1.64. The average Bonchev–Trinajstić information content (AvgIpc) is 2.61. The van der Waals surface area contributed by atoms with Crippen molar-refractivity contribution in [3.8, 4) is 0 Å². The van der Waals surface area contributed by atoms with Gasteiger partial charge < -0.3 is 9.73 Å². The predicted molar refractivity (Wildman–Crippen MR) is 78.2 cm³/mol. The highest BCUT2D eigenvalue weighted by Crippen LogP contribution is 2.30. The largest absolute Gasteiger partial charge is 0.465 e. The summed E-state index contributed by atoms with van der Waals surface area (Å²) in [6.07, 6.45) is 4.10. The lowest BCUT2D eigenvalue weighted by Crippen LogP contribution is -2.33. The molecule has 0 aliphatic carbocycles. The third kappa shape index (κ3) is 2.92. The van der Waals surface area contributed by atoms with Crippen molar-refractivity contribution in [3.05, 3.63) is 17.1 Å². The van der Waals surface area contributed by atoms with Crippen LogP contribution in [0.25, 0.3) is 0 Å². The number of rotatable bonds is 4. The molecule has 1 aromatic rings. The second-order valence-corrected chi connectivity index (χ2v) is 7.25. The maximum absolute atomic E-state index is 12.9. The zero-order chi connectivity index (χ0) is 14.8. The first-order valence-corrected chi connectivity index (χ1v) is 8.66. The lowest BCUT2D eigenvalue weighted by molar-refractivity contribution is 0.420. The summed E-state index contributed by atoms with van der Waals surface area (Å²) >= 11 is 0. The van der Waals surface area contributed by atoms with E-state index in [1.807, 2.05) is 14.0 Å². The molecule has 0 radical (unpaired) electrons. The first-order valence-electron chi connectivity index (χ1n) is 7.22. The molecule has 6 heteroatoms. The molecule has 114 valence electrons. The number of hydrogen-bond donors (Lipinski definition) is 1. The van der Waals surface area contributed by atoms with Crippen LogP contribution in [-0.2, 0) is 16.6 Å². The van der Waals surface area contributed by atoms with Crippen LogP contribution in [0.4, 0.5) is 0 Å². The van der Waals surface area contributed by atoms with Crippen molar-refractivity contribution in [3.63, 3.8) is 0 Å². The fourth-order valence-electron chi connectivity index (χ4n) is 2.84. The van der Waals surface area contributed by atoms with Gasteiger partial charge in [-0.1, -0.05) is 12.8 Å². The third-order valence-corrected chi connectivity index (χ3v) is 5.94. The fourth-order valence-corrected chi connectivity index (χ4v) is 4.77. The Bertz CT molecular complexity index is 555. The Morgan fingerprint density at radius 2 is 1.70 bits per heavy atom. The number of aryl methyl sites for hydroxylation is 2. The van der Waals surface area contributed by atoms with Crippen LogP contribution in [0, 0.1) is 13.8 Å². The van der Waals surface area contributed by atoms with E-state index in [0.29, 0.717) is 36.1 Å². The van der Waals surface area contributed by atoms with Gasteiger partial charge in [0.2, 0.25) is 10.0 Å². The van der Waals surface area contributed by atoms with Crippen LogP contribution in [0.2, 0.25) is 0 Å². The molecule has 20 heavy (non-hydrogen) atoms. The molecule has 2 rings (SSSR count). The molecule has 1 aliphatic heterocycles. The van der Waals surface area contributed by atoms with Crippen molar-refractivity contribution < 1.29 is 12.8 Å². The molecule has 5 nitrogen and oxygen atoms in total. The Balaban J connectivity index is 2.42. The molecule has 0 atom stereocenters. The van der Waals surface area contributed by atoms with Crippen LogP contribution >= 0.6 is 0 Å². The zero-order valence-corrected chi connectivity index (χ0v) is 13.3. The summed E-state index contributed by atoms with van der Waals surface area (Å²) < 4.78 is 33.0. The van der Waals surface area contributed by atoms with Gasteiger partial charge in [-0.3, -0.25) is 0 Å². The van der Waals surface area contributed by atoms with Gasteiger partial charge in [-0.25, -0.2) is 8.42 Å². The summed E-state index contributed by atoms with van der Waals surface area (Å²) in [5.74, 6) is 1.18. The van der Waals surface area contributed by atoms with Crippen molar-refractivity contribution in [2.75, 3.05) is 20.1 Å². The van der Waals surface area contributed by atoms with Gasteiger partial charge in [-0.2, -0.15) is 4.31 Å². The molecule has 1 aliphatic rings. The highest BCUT2D eigenvalue weighted by Gasteiger charge is 2.32. The Morgan fingerprint density at radius 3 is 2.25 bits per heavy atom. The minimum atomic E-state index is -3.45. The molecular formula is C14H24N2O3S. The summed E-state index contributed by atoms with van der Waals surface area (Å²) in [6, 6.07) is 0. The van der Waals surface area contributed by atoms with E-state index in [1.165, 1.54) is 0 Å². The smallest absolute Gasteiger partial charge is 0.246 e. The van der Waals surface area contributed by atoms with Gasteiger partial charge in [0.25, 0.3) is 0 Å². The van der Waals surface area contributed by atoms with E-state index < -0.39 is 10.0 Å². The fraction of sp³-hybridized carbons (Fsp3) is 0.714. The van der Waals surface area contributed by atoms with Crippen LogP contribution in [0.3, 0.4) is 0 Å². The van der Waals surface area contributed by atoms with Gasteiger partial charge in [0.05, 0.1) is 0 Å². The van der Waals surface area contributed by atoms with Gasteiger partial charge in [0.1, 0.15) is 16.4 Å². The molecule has 0 spiro atoms. The number of sulfonamides is 1. The van der Waals surface area contributed by atoms with Crippen LogP contribution in [-0.4, -0.2) is 32.9 Å². The number of nitrogens with zero attached hydrogens (tertiary/aromatic N) is 1. The minimum absolute atomic E-state index is 0.367. The van der Waals surface area contributed by atoms with Gasteiger partial charge in [0, 0.05) is 25.2 Å². The first-order chi connectivity index (χ1) is 9.48.